The molecule has 3 heterocycles. The van der Waals surface area contributed by atoms with Gasteiger partial charge in [0.2, 0.25) is 0 Å². The molecule has 2 atom stereocenters. The first-order valence-electron chi connectivity index (χ1n) is 10.6. The summed E-state index contributed by atoms with van der Waals surface area (Å²) in [6.07, 6.45) is 0. The van der Waals surface area contributed by atoms with Gasteiger partial charge in [-0.05, 0) is 35.9 Å². The van der Waals surface area contributed by atoms with Crippen LogP contribution in [-0.2, 0) is 10.2 Å². The number of benzene rings is 2. The van der Waals surface area contributed by atoms with Crippen LogP contribution in [0.3, 0.4) is 0 Å². The van der Waals surface area contributed by atoms with E-state index in [1.54, 1.807) is 7.11 Å². The molecule has 30 heavy (non-hydrogen) atoms. The molecule has 0 unspecified atom stereocenters. The third-order valence-corrected chi connectivity index (χ3v) is 6.87. The molecule has 2 aromatic carbocycles. The third kappa shape index (κ3) is 2.93. The van der Waals surface area contributed by atoms with Crippen molar-refractivity contribution in [1.82, 2.24) is 4.90 Å². The van der Waals surface area contributed by atoms with E-state index in [1.807, 2.05) is 35.2 Å². The molecule has 158 valence electrons. The van der Waals surface area contributed by atoms with Gasteiger partial charge in [-0.15, -0.1) is 0 Å². The Hall–Kier alpha value is -2.73. The number of hydrogen-bond donors (Lipinski definition) is 1. The number of amides is 1. The van der Waals surface area contributed by atoms with E-state index in [4.69, 9.17) is 14.2 Å². The van der Waals surface area contributed by atoms with Gasteiger partial charge in [0.05, 0.1) is 38.5 Å². The Labute approximate surface area is 177 Å². The maximum Gasteiger partial charge on any atom is 0.254 e. The minimum absolute atomic E-state index is 0.0749. The first-order chi connectivity index (χ1) is 14.5. The minimum atomic E-state index is -0.176. The number of nitrogens with one attached hydrogen (secondary N) is 1. The van der Waals surface area contributed by atoms with Gasteiger partial charge < -0.3 is 24.4 Å². The lowest BCUT2D eigenvalue weighted by atomic mass is 9.65. The second kappa shape index (κ2) is 7.20. The number of morpholine rings is 1. The van der Waals surface area contributed by atoms with Gasteiger partial charge in [-0.25, -0.2) is 0 Å². The minimum Gasteiger partial charge on any atom is -0.496 e. The highest BCUT2D eigenvalue weighted by molar-refractivity contribution is 5.95. The van der Waals surface area contributed by atoms with Crippen LogP contribution in [-0.4, -0.2) is 50.8 Å². The van der Waals surface area contributed by atoms with Crippen molar-refractivity contribution in [2.45, 2.75) is 25.3 Å². The highest BCUT2D eigenvalue weighted by Gasteiger charge is 2.47. The highest BCUT2D eigenvalue weighted by atomic mass is 16.5. The van der Waals surface area contributed by atoms with Gasteiger partial charge in [0.25, 0.3) is 5.91 Å². The molecule has 1 N–H and O–H groups in total. The fourth-order valence-electron chi connectivity index (χ4n) is 5.06. The van der Waals surface area contributed by atoms with Crippen molar-refractivity contribution in [2.75, 3.05) is 45.3 Å². The molecule has 6 heteroatoms. The Balaban J connectivity index is 1.53. The number of rotatable bonds is 2. The highest BCUT2D eigenvalue weighted by Crippen LogP contribution is 2.54. The average Bonchev–Trinajstić information content (AvgIpc) is 2.78. The number of carbonyl (C=O) groups is 1. The number of nitrogens with zero attached hydrogens (tertiary/aromatic N) is 1. The molecule has 6 nitrogen and oxygen atoms in total. The van der Waals surface area contributed by atoms with Crippen LogP contribution in [0, 0.1) is 5.92 Å². The predicted octanol–water partition coefficient (Wildman–Crippen LogP) is 3.62. The van der Waals surface area contributed by atoms with Crippen molar-refractivity contribution < 1.29 is 19.0 Å². The van der Waals surface area contributed by atoms with Crippen molar-refractivity contribution in [2.24, 2.45) is 5.92 Å². The SMILES string of the molecule is COc1cccc2c1[C@H]1Nc3ccc(C(=O)N4CCOCC4)cc3C(C)(C)[C@@H]1CO2. The Morgan fingerprint density at radius 2 is 2.00 bits per heavy atom. The van der Waals surface area contributed by atoms with Crippen LogP contribution in [0.5, 0.6) is 11.5 Å². The van der Waals surface area contributed by atoms with E-state index in [-0.39, 0.29) is 23.3 Å². The van der Waals surface area contributed by atoms with Crippen LogP contribution in [0.2, 0.25) is 0 Å². The molecule has 0 spiro atoms. The molecule has 5 rings (SSSR count). The maximum absolute atomic E-state index is 13.0. The molecule has 1 amide bonds. The summed E-state index contributed by atoms with van der Waals surface area (Å²) in [6.45, 7) is 7.61. The lowest BCUT2D eigenvalue weighted by Crippen LogP contribution is -2.47. The van der Waals surface area contributed by atoms with Gasteiger partial charge in [0, 0.05) is 35.7 Å². The third-order valence-electron chi connectivity index (χ3n) is 6.87. The van der Waals surface area contributed by atoms with Crippen LogP contribution in [0.25, 0.3) is 0 Å². The first kappa shape index (κ1) is 19.2. The number of carbonyl (C=O) groups excluding carboxylic acids is 1. The van der Waals surface area contributed by atoms with Gasteiger partial charge >= 0.3 is 0 Å². The molecule has 2 aromatic rings. The van der Waals surface area contributed by atoms with E-state index in [9.17, 15) is 4.79 Å². The van der Waals surface area contributed by atoms with E-state index in [1.165, 1.54) is 0 Å². The summed E-state index contributed by atoms with van der Waals surface area (Å²) in [6, 6.07) is 12.1. The van der Waals surface area contributed by atoms with E-state index in [0.717, 1.165) is 33.9 Å². The van der Waals surface area contributed by atoms with Gasteiger partial charge in [-0.1, -0.05) is 19.9 Å². The fraction of sp³-hybridized carbons (Fsp3) is 0.458. The number of anilines is 1. The quantitative estimate of drug-likeness (QED) is 0.823. The van der Waals surface area contributed by atoms with Crippen molar-refractivity contribution in [3.8, 4) is 11.5 Å². The summed E-state index contributed by atoms with van der Waals surface area (Å²) in [5, 5.41) is 3.73. The lowest BCUT2D eigenvalue weighted by molar-refractivity contribution is 0.0302. The van der Waals surface area contributed by atoms with Crippen LogP contribution >= 0.6 is 0 Å². The first-order valence-corrected chi connectivity index (χ1v) is 10.6. The molecular weight excluding hydrogens is 380 g/mol. The van der Waals surface area contributed by atoms with Crippen LogP contribution in [0.4, 0.5) is 5.69 Å². The zero-order chi connectivity index (χ0) is 20.9. The maximum atomic E-state index is 13.0. The van der Waals surface area contributed by atoms with Gasteiger partial charge in [0.15, 0.2) is 0 Å². The van der Waals surface area contributed by atoms with Crippen molar-refractivity contribution in [3.05, 3.63) is 53.1 Å². The zero-order valence-corrected chi connectivity index (χ0v) is 17.7. The summed E-state index contributed by atoms with van der Waals surface area (Å²) in [5.74, 6) is 2.00. The second-order valence-electron chi connectivity index (χ2n) is 8.80. The lowest BCUT2D eigenvalue weighted by Gasteiger charge is -2.48. The van der Waals surface area contributed by atoms with E-state index < -0.39 is 0 Å². The molecule has 0 saturated carbocycles. The fourth-order valence-corrected chi connectivity index (χ4v) is 5.06. The standard InChI is InChI=1S/C24H28N2O4/c1-24(2)16-13-15(23(27)26-9-11-29-12-10-26)7-8-18(16)25-22-17(24)14-30-20-6-4-5-19(28-3)21(20)22/h4-8,13,17,22,25H,9-12,14H2,1-3H3/t17-,22+/m1/s1. The molecule has 3 aliphatic heterocycles. The smallest absolute Gasteiger partial charge is 0.254 e. The Kier molecular flexibility index (Phi) is 4.62. The van der Waals surface area contributed by atoms with Crippen molar-refractivity contribution in [1.29, 1.82) is 0 Å². The number of ether oxygens (including phenoxy) is 3. The second-order valence-corrected chi connectivity index (χ2v) is 8.80. The topological polar surface area (TPSA) is 60.0 Å². The number of hydrogen-bond acceptors (Lipinski definition) is 5. The molecule has 0 radical (unpaired) electrons. The number of fused-ring (bicyclic) bond motifs is 4. The normalized spacial score (nSPS) is 23.9. The molecule has 1 fully saturated rings. The van der Waals surface area contributed by atoms with E-state index >= 15 is 0 Å². The van der Waals surface area contributed by atoms with Crippen LogP contribution in [0.1, 0.15) is 41.4 Å². The van der Waals surface area contributed by atoms with Crippen LogP contribution in [0.15, 0.2) is 36.4 Å². The van der Waals surface area contributed by atoms with Gasteiger partial charge in [-0.3, -0.25) is 4.79 Å². The van der Waals surface area contributed by atoms with Crippen LogP contribution < -0.4 is 14.8 Å². The summed E-state index contributed by atoms with van der Waals surface area (Å²) < 4.78 is 17.2. The average molecular weight is 408 g/mol. The van der Waals surface area contributed by atoms with Crippen molar-refractivity contribution in [3.63, 3.8) is 0 Å². The summed E-state index contributed by atoms with van der Waals surface area (Å²) in [5.41, 5.74) is 3.86. The Bertz CT molecular complexity index is 967. The molecule has 1 saturated heterocycles. The molecule has 0 bridgehead atoms. The van der Waals surface area contributed by atoms with Gasteiger partial charge in [0.1, 0.15) is 11.5 Å². The summed E-state index contributed by atoms with van der Waals surface area (Å²) >= 11 is 0. The largest absolute Gasteiger partial charge is 0.496 e. The Morgan fingerprint density at radius 1 is 1.20 bits per heavy atom. The predicted molar refractivity (Wildman–Crippen MR) is 115 cm³/mol. The zero-order valence-electron chi connectivity index (χ0n) is 17.7. The van der Waals surface area contributed by atoms with E-state index in [2.05, 4.69) is 25.2 Å². The molecule has 0 aliphatic carbocycles. The van der Waals surface area contributed by atoms with Gasteiger partial charge in [-0.2, -0.15) is 0 Å². The molecule has 3 aliphatic rings. The summed E-state index contributed by atoms with van der Waals surface area (Å²) in [4.78, 5) is 14.9. The number of methoxy groups -OCH3 is 1. The monoisotopic (exact) mass is 408 g/mol. The van der Waals surface area contributed by atoms with E-state index in [0.29, 0.717) is 32.9 Å². The molecular formula is C24H28N2O4. The summed E-state index contributed by atoms with van der Waals surface area (Å²) in [7, 11) is 1.70. The van der Waals surface area contributed by atoms with Crippen molar-refractivity contribution >= 4 is 11.6 Å². The Morgan fingerprint density at radius 3 is 2.77 bits per heavy atom. The molecule has 0 aromatic heterocycles.